The monoisotopic (exact) mass is 368 g/mol. The molecule has 0 aliphatic heterocycles. The van der Waals surface area contributed by atoms with Crippen LogP contribution in [0, 0.1) is 5.41 Å². The molecule has 90 valence electrons. The highest BCUT2D eigenvalue weighted by Gasteiger charge is 2.27. The summed E-state index contributed by atoms with van der Waals surface area (Å²) in [4.78, 5) is 0.185. The third kappa shape index (κ3) is 3.14. The van der Waals surface area contributed by atoms with Crippen LogP contribution in [0.5, 0.6) is 5.75 Å². The second-order valence-corrected chi connectivity index (χ2v) is 6.95. The molecule has 0 bridgehead atoms. The minimum atomic E-state index is 0.0946. The van der Waals surface area contributed by atoms with Crippen LogP contribution in [0.15, 0.2) is 16.6 Å². The molecule has 0 fully saturated rings. The van der Waals surface area contributed by atoms with Crippen LogP contribution in [0.4, 0.5) is 0 Å². The van der Waals surface area contributed by atoms with E-state index in [0.29, 0.717) is 5.02 Å². The third-order valence-corrected chi connectivity index (χ3v) is 4.95. The Morgan fingerprint density at radius 2 is 1.88 bits per heavy atom. The van der Waals surface area contributed by atoms with Gasteiger partial charge in [0.25, 0.3) is 0 Å². The molecule has 0 spiro atoms. The number of methoxy groups -OCH3 is 1. The van der Waals surface area contributed by atoms with E-state index >= 15 is 0 Å². The molecule has 0 radical (unpaired) electrons. The molecule has 0 saturated heterocycles. The Kier molecular flexibility index (Phi) is 4.73. The average Bonchev–Trinajstić information content (AvgIpc) is 2.14. The van der Waals surface area contributed by atoms with Gasteiger partial charge in [0.05, 0.1) is 11.6 Å². The van der Waals surface area contributed by atoms with Gasteiger partial charge in [-0.05, 0) is 33.5 Å². The molecule has 1 aromatic rings. The molecule has 0 aromatic heterocycles. The molecule has 0 heterocycles. The Morgan fingerprint density at radius 1 is 1.31 bits per heavy atom. The van der Waals surface area contributed by atoms with Crippen molar-refractivity contribution in [2.45, 2.75) is 25.6 Å². The topological polar surface area (TPSA) is 9.23 Å². The van der Waals surface area contributed by atoms with E-state index in [1.807, 2.05) is 12.1 Å². The SMILES string of the molecule is COc1c(Br)cc(Cl)cc1C(Br)C(C)(C)C. The molecule has 0 N–H and O–H groups in total. The lowest BCUT2D eigenvalue weighted by atomic mass is 9.87. The van der Waals surface area contributed by atoms with Gasteiger partial charge < -0.3 is 4.74 Å². The van der Waals surface area contributed by atoms with E-state index in [4.69, 9.17) is 16.3 Å². The fourth-order valence-corrected chi connectivity index (χ4v) is 2.79. The molecule has 1 aromatic carbocycles. The van der Waals surface area contributed by atoms with Gasteiger partial charge in [0.1, 0.15) is 5.75 Å². The van der Waals surface area contributed by atoms with E-state index in [1.165, 1.54) is 0 Å². The second-order valence-electron chi connectivity index (χ2n) is 4.74. The predicted molar refractivity (Wildman–Crippen MR) is 76.8 cm³/mol. The van der Waals surface area contributed by atoms with Gasteiger partial charge >= 0.3 is 0 Å². The van der Waals surface area contributed by atoms with Crippen LogP contribution in [0.1, 0.15) is 31.2 Å². The number of rotatable bonds is 2. The Hall–Kier alpha value is 0.270. The first-order chi connectivity index (χ1) is 7.27. The molecule has 0 aliphatic carbocycles. The van der Waals surface area contributed by atoms with E-state index < -0.39 is 0 Å². The summed E-state index contributed by atoms with van der Waals surface area (Å²) in [6.45, 7) is 6.50. The van der Waals surface area contributed by atoms with Crippen LogP contribution in [0.25, 0.3) is 0 Å². The summed E-state index contributed by atoms with van der Waals surface area (Å²) < 4.78 is 6.29. The first kappa shape index (κ1) is 14.3. The number of benzene rings is 1. The highest BCUT2D eigenvalue weighted by Crippen LogP contribution is 2.46. The summed E-state index contributed by atoms with van der Waals surface area (Å²) in [7, 11) is 1.67. The van der Waals surface area contributed by atoms with Crippen molar-refractivity contribution in [3.8, 4) is 5.75 Å². The van der Waals surface area contributed by atoms with Gasteiger partial charge in [0, 0.05) is 15.4 Å². The maximum atomic E-state index is 6.07. The Labute approximate surface area is 119 Å². The number of halogens is 3. The van der Waals surface area contributed by atoms with Gasteiger partial charge in [-0.25, -0.2) is 0 Å². The number of ether oxygens (including phenoxy) is 1. The quantitative estimate of drug-likeness (QED) is 0.616. The Balaban J connectivity index is 3.31. The summed E-state index contributed by atoms with van der Waals surface area (Å²) in [6.07, 6.45) is 0. The molecular weight excluding hydrogens is 355 g/mol. The molecule has 4 heteroatoms. The lowest BCUT2D eigenvalue weighted by Gasteiger charge is -2.27. The van der Waals surface area contributed by atoms with Gasteiger partial charge in [-0.2, -0.15) is 0 Å². The third-order valence-electron chi connectivity index (χ3n) is 2.27. The first-order valence-electron chi connectivity index (χ1n) is 4.94. The average molecular weight is 371 g/mol. The molecule has 16 heavy (non-hydrogen) atoms. The van der Waals surface area contributed by atoms with Crippen molar-refractivity contribution in [3.63, 3.8) is 0 Å². The van der Waals surface area contributed by atoms with E-state index in [1.54, 1.807) is 7.11 Å². The van der Waals surface area contributed by atoms with Crippen molar-refractivity contribution >= 4 is 43.5 Å². The van der Waals surface area contributed by atoms with Crippen molar-refractivity contribution < 1.29 is 4.74 Å². The van der Waals surface area contributed by atoms with Gasteiger partial charge in [-0.15, -0.1) is 0 Å². The minimum absolute atomic E-state index is 0.0946. The highest BCUT2D eigenvalue weighted by molar-refractivity contribution is 9.10. The molecule has 1 nitrogen and oxygen atoms in total. The fourth-order valence-electron chi connectivity index (χ4n) is 1.45. The summed E-state index contributed by atoms with van der Waals surface area (Å²) in [5.41, 5.74) is 1.16. The van der Waals surface area contributed by atoms with E-state index in [9.17, 15) is 0 Å². The Morgan fingerprint density at radius 3 is 2.31 bits per heavy atom. The molecular formula is C12H15Br2ClO. The molecule has 0 saturated carbocycles. The van der Waals surface area contributed by atoms with Crippen LogP contribution in [-0.2, 0) is 0 Å². The molecule has 0 amide bonds. The maximum Gasteiger partial charge on any atom is 0.137 e. The molecule has 1 unspecified atom stereocenters. The van der Waals surface area contributed by atoms with Crippen LogP contribution < -0.4 is 4.74 Å². The lowest BCUT2D eigenvalue weighted by molar-refractivity contribution is 0.375. The zero-order valence-corrected chi connectivity index (χ0v) is 13.7. The molecule has 0 aliphatic rings. The zero-order valence-electron chi connectivity index (χ0n) is 9.77. The predicted octanol–water partition coefficient (Wildman–Crippen LogP) is 5.59. The van der Waals surface area contributed by atoms with Crippen LogP contribution >= 0.6 is 43.5 Å². The first-order valence-corrected chi connectivity index (χ1v) is 7.03. The second kappa shape index (κ2) is 5.28. The van der Waals surface area contributed by atoms with E-state index in [-0.39, 0.29) is 10.2 Å². The minimum Gasteiger partial charge on any atom is -0.495 e. The van der Waals surface area contributed by atoms with Gasteiger partial charge in [-0.1, -0.05) is 48.3 Å². The summed E-state index contributed by atoms with van der Waals surface area (Å²) in [6, 6.07) is 3.78. The maximum absolute atomic E-state index is 6.07. The summed E-state index contributed by atoms with van der Waals surface area (Å²) in [5.74, 6) is 0.834. The molecule has 1 atom stereocenters. The summed E-state index contributed by atoms with van der Waals surface area (Å²) >= 11 is 13.2. The smallest absolute Gasteiger partial charge is 0.137 e. The van der Waals surface area contributed by atoms with Crippen LogP contribution in [-0.4, -0.2) is 7.11 Å². The summed E-state index contributed by atoms with van der Waals surface area (Å²) in [5, 5.41) is 0.705. The normalized spacial score (nSPS) is 13.7. The molecule has 1 rings (SSSR count). The van der Waals surface area contributed by atoms with Crippen LogP contribution in [0.3, 0.4) is 0 Å². The Bertz CT molecular complexity index is 385. The van der Waals surface area contributed by atoms with Crippen molar-refractivity contribution in [2.24, 2.45) is 5.41 Å². The van der Waals surface area contributed by atoms with E-state index in [2.05, 4.69) is 52.6 Å². The standard InChI is InChI=1S/C12H15Br2ClO/c1-12(2,3)11(14)8-5-7(15)6-9(13)10(8)16-4/h5-6,11H,1-4H3. The highest BCUT2D eigenvalue weighted by atomic mass is 79.9. The largest absolute Gasteiger partial charge is 0.495 e. The lowest BCUT2D eigenvalue weighted by Crippen LogP contribution is -2.13. The van der Waals surface area contributed by atoms with E-state index in [0.717, 1.165) is 15.8 Å². The van der Waals surface area contributed by atoms with Gasteiger partial charge in [0.15, 0.2) is 0 Å². The van der Waals surface area contributed by atoms with Crippen molar-refractivity contribution in [2.75, 3.05) is 7.11 Å². The van der Waals surface area contributed by atoms with Crippen molar-refractivity contribution in [1.82, 2.24) is 0 Å². The fraction of sp³-hybridized carbons (Fsp3) is 0.500. The zero-order chi connectivity index (χ0) is 12.5. The van der Waals surface area contributed by atoms with Gasteiger partial charge in [0.2, 0.25) is 0 Å². The van der Waals surface area contributed by atoms with Crippen molar-refractivity contribution in [1.29, 1.82) is 0 Å². The number of hydrogen-bond acceptors (Lipinski definition) is 1. The van der Waals surface area contributed by atoms with Gasteiger partial charge in [-0.3, -0.25) is 0 Å². The number of hydrogen-bond donors (Lipinski definition) is 0. The van der Waals surface area contributed by atoms with Crippen LogP contribution in [0.2, 0.25) is 5.02 Å². The number of alkyl halides is 1. The van der Waals surface area contributed by atoms with Crippen molar-refractivity contribution in [3.05, 3.63) is 27.2 Å².